The molecule has 66 valence electrons. The van der Waals surface area contributed by atoms with Gasteiger partial charge in [-0.15, -0.1) is 0 Å². The van der Waals surface area contributed by atoms with Gasteiger partial charge in [-0.1, -0.05) is 17.7 Å². The second-order valence-electron chi connectivity index (χ2n) is 3.25. The van der Waals surface area contributed by atoms with Crippen molar-refractivity contribution in [2.45, 2.75) is 32.8 Å². The van der Waals surface area contributed by atoms with Crippen molar-refractivity contribution >= 4 is 5.78 Å². The minimum absolute atomic E-state index is 0.188. The van der Waals surface area contributed by atoms with Crippen LogP contribution in [-0.2, 0) is 4.79 Å². The largest absolute Gasteiger partial charge is 0.381 e. The van der Waals surface area contributed by atoms with Crippen LogP contribution in [0.4, 0.5) is 0 Å². The quantitative estimate of drug-likeness (QED) is 0.676. The van der Waals surface area contributed by atoms with Gasteiger partial charge >= 0.3 is 0 Å². The molecule has 0 radical (unpaired) electrons. The fourth-order valence-corrected chi connectivity index (χ4v) is 1.31. The van der Waals surface area contributed by atoms with Crippen LogP contribution in [0.1, 0.15) is 26.7 Å². The molecule has 0 amide bonds. The van der Waals surface area contributed by atoms with E-state index in [1.165, 1.54) is 12.5 Å². The van der Waals surface area contributed by atoms with E-state index in [0.717, 1.165) is 18.4 Å². The van der Waals surface area contributed by atoms with E-state index in [9.17, 15) is 9.90 Å². The van der Waals surface area contributed by atoms with Crippen LogP contribution in [-0.4, -0.2) is 17.0 Å². The van der Waals surface area contributed by atoms with Gasteiger partial charge in [-0.2, -0.15) is 0 Å². The van der Waals surface area contributed by atoms with Crippen LogP contribution in [0.5, 0.6) is 0 Å². The van der Waals surface area contributed by atoms with Crippen LogP contribution in [0.2, 0.25) is 0 Å². The Hall–Kier alpha value is -0.890. The van der Waals surface area contributed by atoms with Gasteiger partial charge in [0.25, 0.3) is 0 Å². The van der Waals surface area contributed by atoms with Gasteiger partial charge in [0.2, 0.25) is 0 Å². The number of hydrogen-bond donors (Lipinski definition) is 1. The van der Waals surface area contributed by atoms with E-state index in [1.54, 1.807) is 0 Å². The third-order valence-corrected chi connectivity index (χ3v) is 2.03. The summed E-state index contributed by atoms with van der Waals surface area (Å²) < 4.78 is 0. The lowest BCUT2D eigenvalue weighted by Crippen LogP contribution is -2.19. The van der Waals surface area contributed by atoms with Gasteiger partial charge in [0.15, 0.2) is 5.78 Å². The first-order valence-electron chi connectivity index (χ1n) is 4.17. The van der Waals surface area contributed by atoms with E-state index in [2.05, 4.69) is 0 Å². The van der Waals surface area contributed by atoms with Crippen LogP contribution in [0.15, 0.2) is 23.3 Å². The number of carbonyl (C=O) groups excluding carboxylic acids is 1. The molecule has 12 heavy (non-hydrogen) atoms. The minimum atomic E-state index is -0.916. The Morgan fingerprint density at radius 1 is 1.67 bits per heavy atom. The van der Waals surface area contributed by atoms with Crippen LogP contribution in [0.3, 0.4) is 0 Å². The van der Waals surface area contributed by atoms with Crippen LogP contribution in [0.25, 0.3) is 0 Å². The lowest BCUT2D eigenvalue weighted by Gasteiger charge is -2.13. The molecule has 1 aliphatic rings. The molecular formula is C10H14O2. The van der Waals surface area contributed by atoms with E-state index in [0.29, 0.717) is 0 Å². The molecule has 1 N–H and O–H groups in total. The van der Waals surface area contributed by atoms with Crippen molar-refractivity contribution in [1.29, 1.82) is 0 Å². The van der Waals surface area contributed by atoms with Crippen molar-refractivity contribution in [3.63, 3.8) is 0 Å². The van der Waals surface area contributed by atoms with Gasteiger partial charge < -0.3 is 5.11 Å². The molecule has 0 aliphatic heterocycles. The van der Waals surface area contributed by atoms with E-state index in [1.807, 2.05) is 19.1 Å². The fourth-order valence-electron chi connectivity index (χ4n) is 1.31. The molecule has 0 bridgehead atoms. The maximum atomic E-state index is 10.8. The molecule has 0 saturated heterocycles. The Labute approximate surface area is 72.6 Å². The Kier molecular flexibility index (Phi) is 2.82. The topological polar surface area (TPSA) is 37.3 Å². The zero-order chi connectivity index (χ0) is 9.14. The average Bonchev–Trinajstić information content (AvgIpc) is 2.03. The summed E-state index contributed by atoms with van der Waals surface area (Å²) >= 11 is 0. The predicted molar refractivity (Wildman–Crippen MR) is 47.8 cm³/mol. The minimum Gasteiger partial charge on any atom is -0.381 e. The van der Waals surface area contributed by atoms with Crippen LogP contribution >= 0.6 is 0 Å². The molecule has 2 nitrogen and oxygen atoms in total. The lowest BCUT2D eigenvalue weighted by atomic mass is 9.96. The van der Waals surface area contributed by atoms with Gasteiger partial charge in [-0.05, 0) is 32.3 Å². The van der Waals surface area contributed by atoms with Gasteiger partial charge in [-0.25, -0.2) is 0 Å². The Bertz CT molecular complexity index is 249. The molecule has 1 atom stereocenters. The summed E-state index contributed by atoms with van der Waals surface area (Å²) in [5.74, 6) is -0.188. The highest BCUT2D eigenvalue weighted by Crippen LogP contribution is 2.19. The van der Waals surface area contributed by atoms with Crippen molar-refractivity contribution < 1.29 is 9.90 Å². The average molecular weight is 166 g/mol. The smallest absolute Gasteiger partial charge is 0.162 e. The summed E-state index contributed by atoms with van der Waals surface area (Å²) in [4.78, 5) is 10.8. The van der Waals surface area contributed by atoms with E-state index < -0.39 is 6.10 Å². The highest BCUT2D eigenvalue weighted by molar-refractivity contribution is 5.84. The molecule has 0 spiro atoms. The number of ketones is 1. The van der Waals surface area contributed by atoms with Gasteiger partial charge in [-0.3, -0.25) is 4.79 Å². The second-order valence-corrected chi connectivity index (χ2v) is 3.25. The molecule has 1 unspecified atom stereocenters. The van der Waals surface area contributed by atoms with Gasteiger partial charge in [0, 0.05) is 0 Å². The predicted octanol–water partition coefficient (Wildman–Crippen LogP) is 1.60. The maximum Gasteiger partial charge on any atom is 0.162 e. The zero-order valence-corrected chi connectivity index (χ0v) is 7.50. The number of Topliss-reactive ketones (excluding diaryl/α,β-unsaturated/α-hetero) is 1. The highest BCUT2D eigenvalue weighted by atomic mass is 16.3. The molecular weight excluding hydrogens is 152 g/mol. The fraction of sp³-hybridized carbons (Fsp3) is 0.500. The van der Waals surface area contributed by atoms with E-state index in [-0.39, 0.29) is 5.78 Å². The van der Waals surface area contributed by atoms with Crippen molar-refractivity contribution in [2.75, 3.05) is 0 Å². The first-order valence-corrected chi connectivity index (χ1v) is 4.17. The number of aliphatic hydroxyl groups excluding tert-OH is 1. The summed E-state index contributed by atoms with van der Waals surface area (Å²) in [6.45, 7) is 3.42. The zero-order valence-electron chi connectivity index (χ0n) is 7.50. The third-order valence-electron chi connectivity index (χ3n) is 2.03. The monoisotopic (exact) mass is 166 g/mol. The van der Waals surface area contributed by atoms with Gasteiger partial charge in [0.05, 0.1) is 0 Å². The molecule has 1 aliphatic carbocycles. The number of aliphatic hydroxyl groups is 1. The summed E-state index contributed by atoms with van der Waals surface area (Å²) in [6.07, 6.45) is 4.88. The molecule has 0 saturated carbocycles. The van der Waals surface area contributed by atoms with Crippen molar-refractivity contribution in [3.8, 4) is 0 Å². The number of allylic oxidation sites excluding steroid dienone is 2. The molecule has 0 aromatic heterocycles. The standard InChI is InChI=1S/C10H14O2/c1-7-4-3-5-9(6-7)10(12)8(2)11/h5-6,10,12H,3-4H2,1-2H3. The molecule has 0 aromatic carbocycles. The number of carbonyl (C=O) groups is 1. The highest BCUT2D eigenvalue weighted by Gasteiger charge is 2.15. The number of hydrogen-bond acceptors (Lipinski definition) is 2. The first kappa shape index (κ1) is 9.20. The third kappa shape index (κ3) is 2.05. The van der Waals surface area contributed by atoms with E-state index in [4.69, 9.17) is 0 Å². The van der Waals surface area contributed by atoms with Crippen molar-refractivity contribution in [2.24, 2.45) is 0 Å². The normalized spacial score (nSPS) is 19.6. The Morgan fingerprint density at radius 2 is 2.33 bits per heavy atom. The lowest BCUT2D eigenvalue weighted by molar-refractivity contribution is -0.123. The number of rotatable bonds is 2. The molecule has 1 rings (SSSR count). The Balaban J connectivity index is 2.76. The molecule has 2 heteroatoms. The Morgan fingerprint density at radius 3 is 2.83 bits per heavy atom. The van der Waals surface area contributed by atoms with Crippen LogP contribution < -0.4 is 0 Å². The van der Waals surface area contributed by atoms with Crippen molar-refractivity contribution in [3.05, 3.63) is 23.3 Å². The maximum absolute atomic E-state index is 10.8. The molecule has 0 aromatic rings. The first-order chi connectivity index (χ1) is 5.61. The van der Waals surface area contributed by atoms with E-state index >= 15 is 0 Å². The summed E-state index contributed by atoms with van der Waals surface area (Å²) in [6, 6.07) is 0. The summed E-state index contributed by atoms with van der Waals surface area (Å²) in [5, 5.41) is 9.41. The molecule has 0 heterocycles. The summed E-state index contributed by atoms with van der Waals surface area (Å²) in [7, 11) is 0. The summed E-state index contributed by atoms with van der Waals surface area (Å²) in [5.41, 5.74) is 1.99. The van der Waals surface area contributed by atoms with Crippen molar-refractivity contribution in [1.82, 2.24) is 0 Å². The van der Waals surface area contributed by atoms with Gasteiger partial charge in [0.1, 0.15) is 6.10 Å². The molecule has 0 fully saturated rings. The second kappa shape index (κ2) is 3.68. The SMILES string of the molecule is CC(=O)C(O)C1=CCCC(C)=C1. The van der Waals surface area contributed by atoms with Crippen LogP contribution in [0, 0.1) is 0 Å².